The Morgan fingerprint density at radius 1 is 1.15 bits per heavy atom. The predicted molar refractivity (Wildman–Crippen MR) is 87.9 cm³/mol. The van der Waals surface area contributed by atoms with E-state index in [0.717, 1.165) is 12.4 Å². The molecule has 110 valence electrons. The van der Waals surface area contributed by atoms with Gasteiger partial charge >= 0.3 is 0 Å². The van der Waals surface area contributed by atoms with Gasteiger partial charge in [0, 0.05) is 5.57 Å². The van der Waals surface area contributed by atoms with Gasteiger partial charge in [-0.2, -0.15) is 0 Å². The van der Waals surface area contributed by atoms with Gasteiger partial charge in [0.05, 0.1) is 12.2 Å². The van der Waals surface area contributed by atoms with Gasteiger partial charge in [-0.1, -0.05) is 39.0 Å². The van der Waals surface area contributed by atoms with Crippen LogP contribution in [-0.4, -0.2) is 14.9 Å². The lowest BCUT2D eigenvalue weighted by Gasteiger charge is -2.37. The highest BCUT2D eigenvalue weighted by Crippen LogP contribution is 2.38. The summed E-state index contributed by atoms with van der Waals surface area (Å²) in [5.41, 5.74) is 5.84. The summed E-state index contributed by atoms with van der Waals surface area (Å²) in [6, 6.07) is 10.4. The van der Waals surface area contributed by atoms with Gasteiger partial charge in [-0.25, -0.2) is 0 Å². The maximum absolute atomic E-state index is 6.39. The highest BCUT2D eigenvalue weighted by molar-refractivity contribution is 6.74. The molecule has 4 heteroatoms. The minimum absolute atomic E-state index is 0.210. The van der Waals surface area contributed by atoms with Crippen LogP contribution in [0.1, 0.15) is 27.7 Å². The normalized spacial score (nSPS) is 16.4. The number of nitrogens with one attached hydrogen (secondary N) is 1. The quantitative estimate of drug-likeness (QED) is 0.842. The van der Waals surface area contributed by atoms with E-state index in [1.54, 1.807) is 0 Å². The lowest BCUT2D eigenvalue weighted by Crippen LogP contribution is -2.43. The molecule has 0 radical (unpaired) electrons. The number of hydrogen-bond acceptors (Lipinski definition) is 3. The number of hydrazine groups is 1. The molecule has 1 aromatic carbocycles. The van der Waals surface area contributed by atoms with Crippen molar-refractivity contribution in [2.75, 3.05) is 11.6 Å². The summed E-state index contributed by atoms with van der Waals surface area (Å²) in [6.45, 7) is 14.4. The fraction of sp³-hybridized carbons (Fsp3) is 0.500. The van der Waals surface area contributed by atoms with Gasteiger partial charge in [0.2, 0.25) is 0 Å². The van der Waals surface area contributed by atoms with Gasteiger partial charge in [0.15, 0.2) is 5.88 Å². The Labute approximate surface area is 123 Å². The van der Waals surface area contributed by atoms with Crippen molar-refractivity contribution in [1.29, 1.82) is 0 Å². The van der Waals surface area contributed by atoms with Crippen LogP contribution in [0, 0.1) is 0 Å². The second kappa shape index (κ2) is 5.17. The average molecular weight is 290 g/mol. The Hall–Kier alpha value is -1.42. The summed E-state index contributed by atoms with van der Waals surface area (Å²) in [6.07, 6.45) is 0. The van der Waals surface area contributed by atoms with Crippen LogP contribution in [0.4, 0.5) is 5.69 Å². The molecule has 1 N–H and O–H groups in total. The van der Waals surface area contributed by atoms with Gasteiger partial charge in [0.25, 0.3) is 8.32 Å². The van der Waals surface area contributed by atoms with E-state index in [4.69, 9.17) is 4.43 Å². The minimum atomic E-state index is -1.79. The van der Waals surface area contributed by atoms with Gasteiger partial charge in [-0.05, 0) is 37.2 Å². The van der Waals surface area contributed by atoms with Crippen molar-refractivity contribution in [1.82, 2.24) is 5.43 Å². The van der Waals surface area contributed by atoms with Crippen LogP contribution in [0.5, 0.6) is 0 Å². The van der Waals surface area contributed by atoms with E-state index in [2.05, 4.69) is 75.5 Å². The van der Waals surface area contributed by atoms with Gasteiger partial charge in [-0.3, -0.25) is 10.4 Å². The second-order valence-corrected chi connectivity index (χ2v) is 11.7. The molecule has 0 fully saturated rings. The van der Waals surface area contributed by atoms with Crippen LogP contribution in [-0.2, 0) is 4.43 Å². The van der Waals surface area contributed by atoms with E-state index in [-0.39, 0.29) is 5.04 Å². The highest BCUT2D eigenvalue weighted by atomic mass is 28.4. The largest absolute Gasteiger partial charge is 0.531 e. The molecule has 0 amide bonds. The molecule has 0 spiro atoms. The molecule has 2 rings (SSSR count). The number of para-hydroxylation sites is 1. The molecule has 20 heavy (non-hydrogen) atoms. The summed E-state index contributed by atoms with van der Waals surface area (Å²) < 4.78 is 6.39. The fourth-order valence-electron chi connectivity index (χ4n) is 1.85. The Morgan fingerprint density at radius 2 is 1.75 bits per heavy atom. The lowest BCUT2D eigenvalue weighted by molar-refractivity contribution is 0.352. The number of nitrogens with zero attached hydrogens (tertiary/aromatic N) is 1. The summed E-state index contributed by atoms with van der Waals surface area (Å²) in [5, 5.41) is 2.35. The summed E-state index contributed by atoms with van der Waals surface area (Å²) in [5.74, 6) is 0.945. The topological polar surface area (TPSA) is 24.5 Å². The fourth-order valence-corrected chi connectivity index (χ4v) is 2.88. The number of rotatable bonds is 3. The Morgan fingerprint density at radius 3 is 2.30 bits per heavy atom. The van der Waals surface area contributed by atoms with Crippen molar-refractivity contribution in [3.05, 3.63) is 41.8 Å². The maximum atomic E-state index is 6.39. The van der Waals surface area contributed by atoms with Crippen LogP contribution in [0.3, 0.4) is 0 Å². The van der Waals surface area contributed by atoms with Crippen LogP contribution < -0.4 is 10.4 Å². The van der Waals surface area contributed by atoms with Gasteiger partial charge in [0.1, 0.15) is 0 Å². The Kier molecular flexibility index (Phi) is 3.87. The third kappa shape index (κ3) is 3.01. The standard InChI is InChI=1S/C16H26N2OSi/c1-13-12-18(14-10-8-7-9-11-14)17-15(13)19-20(5,6)16(2,3)4/h7-11,17H,12H2,1-6H3. The first-order valence-electron chi connectivity index (χ1n) is 7.19. The molecule has 0 saturated carbocycles. The van der Waals surface area contributed by atoms with E-state index in [1.807, 2.05) is 6.07 Å². The third-order valence-corrected chi connectivity index (χ3v) is 8.58. The Balaban J connectivity index is 2.10. The zero-order valence-electron chi connectivity index (χ0n) is 13.4. The zero-order valence-corrected chi connectivity index (χ0v) is 14.4. The summed E-state index contributed by atoms with van der Waals surface area (Å²) in [7, 11) is -1.79. The number of anilines is 1. The molecule has 3 nitrogen and oxygen atoms in total. The van der Waals surface area contributed by atoms with Gasteiger partial charge < -0.3 is 4.43 Å². The summed E-state index contributed by atoms with van der Waals surface area (Å²) >= 11 is 0. The van der Waals surface area contributed by atoms with Crippen molar-refractivity contribution >= 4 is 14.0 Å². The van der Waals surface area contributed by atoms with E-state index < -0.39 is 8.32 Å². The van der Waals surface area contributed by atoms with Crippen molar-refractivity contribution in [3.8, 4) is 0 Å². The van der Waals surface area contributed by atoms with Gasteiger partial charge in [-0.15, -0.1) is 0 Å². The first kappa shape index (κ1) is 15.0. The second-order valence-electron chi connectivity index (χ2n) is 7.01. The molecule has 0 bridgehead atoms. The predicted octanol–water partition coefficient (Wildman–Crippen LogP) is 4.26. The maximum Gasteiger partial charge on any atom is 0.252 e. The average Bonchev–Trinajstić information content (AvgIpc) is 2.70. The molecule has 0 aliphatic carbocycles. The molecule has 0 atom stereocenters. The third-order valence-electron chi connectivity index (χ3n) is 4.25. The molecule has 0 aromatic heterocycles. The molecule has 0 saturated heterocycles. The van der Waals surface area contributed by atoms with E-state index in [9.17, 15) is 0 Å². The number of benzene rings is 1. The van der Waals surface area contributed by atoms with E-state index >= 15 is 0 Å². The molecular formula is C16H26N2OSi. The van der Waals surface area contributed by atoms with E-state index in [0.29, 0.717) is 0 Å². The minimum Gasteiger partial charge on any atom is -0.531 e. The highest BCUT2D eigenvalue weighted by Gasteiger charge is 2.40. The molecule has 0 unspecified atom stereocenters. The molecule has 1 aliphatic rings. The SMILES string of the molecule is CC1=C(O[Si](C)(C)C(C)(C)C)NN(c2ccccc2)C1. The number of hydrogen-bond donors (Lipinski definition) is 1. The first-order chi connectivity index (χ1) is 9.21. The van der Waals surface area contributed by atoms with Crippen molar-refractivity contribution in [3.63, 3.8) is 0 Å². The smallest absolute Gasteiger partial charge is 0.252 e. The molecular weight excluding hydrogens is 264 g/mol. The zero-order chi connectivity index (χ0) is 15.0. The Bertz CT molecular complexity index is 503. The van der Waals surface area contributed by atoms with Crippen LogP contribution in [0.2, 0.25) is 18.1 Å². The lowest BCUT2D eigenvalue weighted by atomic mass is 10.2. The molecule has 1 aliphatic heterocycles. The van der Waals surface area contributed by atoms with E-state index in [1.165, 1.54) is 11.3 Å². The van der Waals surface area contributed by atoms with Crippen LogP contribution in [0.25, 0.3) is 0 Å². The van der Waals surface area contributed by atoms with Crippen molar-refractivity contribution < 1.29 is 4.43 Å². The van der Waals surface area contributed by atoms with Crippen molar-refractivity contribution in [2.45, 2.75) is 45.8 Å². The summed E-state index contributed by atoms with van der Waals surface area (Å²) in [4.78, 5) is 0. The van der Waals surface area contributed by atoms with Crippen LogP contribution in [0.15, 0.2) is 41.8 Å². The molecule has 1 aromatic rings. The van der Waals surface area contributed by atoms with Crippen molar-refractivity contribution in [2.24, 2.45) is 0 Å². The monoisotopic (exact) mass is 290 g/mol. The van der Waals surface area contributed by atoms with Crippen LogP contribution >= 0.6 is 0 Å². The first-order valence-corrected chi connectivity index (χ1v) is 10.1. The molecule has 1 heterocycles.